The van der Waals surface area contributed by atoms with Gasteiger partial charge in [0.1, 0.15) is 17.2 Å². The number of nitrogens with zero attached hydrogens (tertiary/aromatic N) is 2. The van der Waals surface area contributed by atoms with Gasteiger partial charge in [0.05, 0.1) is 19.7 Å². The van der Waals surface area contributed by atoms with Gasteiger partial charge in [-0.15, -0.1) is 11.3 Å². The molecular weight excluding hydrogens is 300 g/mol. The smallest absolute Gasteiger partial charge is 0.273 e. The molecule has 5 nitrogen and oxygen atoms in total. The number of aromatic nitrogens is 1. The minimum absolute atomic E-state index is 0.0284. The summed E-state index contributed by atoms with van der Waals surface area (Å²) in [6, 6.07) is 5.91. The molecule has 1 aliphatic rings. The first-order valence-electron chi connectivity index (χ1n) is 7.09. The molecule has 1 aliphatic heterocycles. The maximum absolute atomic E-state index is 12.1. The largest absolute Gasteiger partial charge is 0.497 e. The molecule has 1 amide bonds. The summed E-state index contributed by atoms with van der Waals surface area (Å²) >= 11 is 1.45. The van der Waals surface area contributed by atoms with Crippen LogP contribution in [0.4, 0.5) is 0 Å². The monoisotopic (exact) mass is 318 g/mol. The van der Waals surface area contributed by atoms with Crippen molar-refractivity contribution in [3.8, 4) is 11.5 Å². The number of thiazole rings is 1. The highest BCUT2D eigenvalue weighted by Gasteiger charge is 2.32. The molecule has 2 aromatic rings. The van der Waals surface area contributed by atoms with Gasteiger partial charge in [-0.3, -0.25) is 4.79 Å². The van der Waals surface area contributed by atoms with E-state index in [0.29, 0.717) is 11.6 Å². The van der Waals surface area contributed by atoms with Crippen LogP contribution in [0.25, 0.3) is 0 Å². The van der Waals surface area contributed by atoms with E-state index < -0.39 is 0 Å². The lowest BCUT2D eigenvalue weighted by atomic mass is 9.91. The molecule has 0 N–H and O–H groups in total. The summed E-state index contributed by atoms with van der Waals surface area (Å²) in [5, 5.41) is 1.79. The van der Waals surface area contributed by atoms with Crippen LogP contribution in [0.2, 0.25) is 0 Å². The van der Waals surface area contributed by atoms with E-state index in [2.05, 4.69) is 4.98 Å². The summed E-state index contributed by atoms with van der Waals surface area (Å²) in [7, 11) is 3.30. The van der Waals surface area contributed by atoms with E-state index in [1.54, 1.807) is 25.1 Å². The lowest BCUT2D eigenvalue weighted by Gasteiger charge is -2.39. The molecule has 116 valence electrons. The van der Waals surface area contributed by atoms with Gasteiger partial charge in [0.2, 0.25) is 0 Å². The minimum Gasteiger partial charge on any atom is -0.497 e. The molecule has 1 aromatic carbocycles. The summed E-state index contributed by atoms with van der Waals surface area (Å²) in [5.41, 5.74) is 3.40. The van der Waals surface area contributed by atoms with Crippen molar-refractivity contribution >= 4 is 17.2 Å². The Labute approximate surface area is 133 Å². The molecule has 0 aliphatic carbocycles. The van der Waals surface area contributed by atoms with Crippen LogP contribution < -0.4 is 9.47 Å². The molecule has 0 spiro atoms. The van der Waals surface area contributed by atoms with E-state index in [-0.39, 0.29) is 5.91 Å². The zero-order valence-corrected chi connectivity index (χ0v) is 13.4. The average molecular weight is 318 g/mol. The first-order chi connectivity index (χ1) is 10.7. The van der Waals surface area contributed by atoms with Gasteiger partial charge >= 0.3 is 0 Å². The predicted molar refractivity (Wildman–Crippen MR) is 84.8 cm³/mol. The van der Waals surface area contributed by atoms with Gasteiger partial charge in [0, 0.05) is 24.5 Å². The fourth-order valence-electron chi connectivity index (χ4n) is 2.66. The van der Waals surface area contributed by atoms with Crippen LogP contribution in [0.5, 0.6) is 11.5 Å². The number of methoxy groups -OCH3 is 2. The number of benzene rings is 1. The third kappa shape index (κ3) is 3.06. The second-order valence-corrected chi connectivity index (χ2v) is 6.09. The van der Waals surface area contributed by atoms with E-state index in [9.17, 15) is 4.79 Å². The second kappa shape index (κ2) is 6.36. The Morgan fingerprint density at radius 2 is 1.95 bits per heavy atom. The van der Waals surface area contributed by atoms with Crippen molar-refractivity contribution in [1.29, 1.82) is 0 Å². The van der Waals surface area contributed by atoms with E-state index >= 15 is 0 Å². The minimum atomic E-state index is 0.0284. The lowest BCUT2D eigenvalue weighted by Crippen LogP contribution is -2.50. The molecule has 3 rings (SSSR count). The van der Waals surface area contributed by atoms with Crippen molar-refractivity contribution in [2.75, 3.05) is 27.3 Å². The number of hydrogen-bond acceptors (Lipinski definition) is 5. The van der Waals surface area contributed by atoms with Gasteiger partial charge < -0.3 is 14.4 Å². The van der Waals surface area contributed by atoms with Crippen molar-refractivity contribution in [3.63, 3.8) is 0 Å². The highest BCUT2D eigenvalue weighted by atomic mass is 32.1. The number of rotatable bonds is 5. The second-order valence-electron chi connectivity index (χ2n) is 5.37. The molecular formula is C16H18N2O3S. The number of ether oxygens (including phenoxy) is 2. The van der Waals surface area contributed by atoms with Gasteiger partial charge in [0.25, 0.3) is 5.91 Å². The Balaban J connectivity index is 1.59. The molecule has 0 radical (unpaired) electrons. The van der Waals surface area contributed by atoms with Crippen molar-refractivity contribution in [2.24, 2.45) is 5.92 Å². The fourth-order valence-corrected chi connectivity index (χ4v) is 3.19. The lowest BCUT2D eigenvalue weighted by molar-refractivity contribution is 0.0495. The van der Waals surface area contributed by atoms with Gasteiger partial charge in [-0.2, -0.15) is 0 Å². The summed E-state index contributed by atoms with van der Waals surface area (Å²) in [6.45, 7) is 1.55. The summed E-state index contributed by atoms with van der Waals surface area (Å²) in [5.74, 6) is 2.09. The fraction of sp³-hybridized carbons (Fsp3) is 0.375. The number of likely N-dealkylation sites (tertiary alicyclic amines) is 1. The SMILES string of the molecule is COc1cc(CC2CN(C(=O)c3cscn3)C2)cc(OC)c1. The Morgan fingerprint density at radius 1 is 1.27 bits per heavy atom. The van der Waals surface area contributed by atoms with Crippen LogP contribution in [0.1, 0.15) is 16.1 Å². The normalized spacial score (nSPS) is 14.5. The first kappa shape index (κ1) is 14.8. The summed E-state index contributed by atoms with van der Waals surface area (Å²) < 4.78 is 10.6. The van der Waals surface area contributed by atoms with Crippen molar-refractivity contribution < 1.29 is 14.3 Å². The molecule has 22 heavy (non-hydrogen) atoms. The third-order valence-corrected chi connectivity index (χ3v) is 4.42. The van der Waals surface area contributed by atoms with Crippen molar-refractivity contribution in [3.05, 3.63) is 40.3 Å². The summed E-state index contributed by atoms with van der Waals surface area (Å²) in [4.78, 5) is 18.0. The molecule has 6 heteroatoms. The van der Waals surface area contributed by atoms with Crippen LogP contribution in [-0.2, 0) is 6.42 Å². The molecule has 0 atom stereocenters. The number of carbonyl (C=O) groups is 1. The van der Waals surface area contributed by atoms with Gasteiger partial charge in [-0.05, 0) is 30.0 Å². The maximum Gasteiger partial charge on any atom is 0.273 e. The van der Waals surface area contributed by atoms with E-state index in [0.717, 1.165) is 31.0 Å². The highest BCUT2D eigenvalue weighted by molar-refractivity contribution is 7.07. The Morgan fingerprint density at radius 3 is 2.50 bits per heavy atom. The van der Waals surface area contributed by atoms with Crippen LogP contribution >= 0.6 is 11.3 Å². The molecule has 1 aromatic heterocycles. The standard InChI is InChI=1S/C16H18N2O3S/c1-20-13-4-11(5-14(6-13)21-2)3-12-7-18(8-12)16(19)15-9-22-10-17-15/h4-6,9-10,12H,3,7-8H2,1-2H3. The molecule has 1 saturated heterocycles. The molecule has 0 saturated carbocycles. The van der Waals surface area contributed by atoms with Crippen LogP contribution in [0.3, 0.4) is 0 Å². The van der Waals surface area contributed by atoms with Gasteiger partial charge in [0.15, 0.2) is 0 Å². The quantitative estimate of drug-likeness (QED) is 0.850. The Bertz CT molecular complexity index is 629. The molecule has 0 unspecified atom stereocenters. The van der Waals surface area contributed by atoms with E-state index in [1.165, 1.54) is 16.9 Å². The third-order valence-electron chi connectivity index (χ3n) is 3.83. The average Bonchev–Trinajstić information content (AvgIpc) is 3.03. The first-order valence-corrected chi connectivity index (χ1v) is 8.03. The maximum atomic E-state index is 12.1. The number of amides is 1. The summed E-state index contributed by atoms with van der Waals surface area (Å²) in [6.07, 6.45) is 0.911. The van der Waals surface area contributed by atoms with Crippen LogP contribution in [0, 0.1) is 5.92 Å². The van der Waals surface area contributed by atoms with Crippen LogP contribution in [0.15, 0.2) is 29.1 Å². The number of hydrogen-bond donors (Lipinski definition) is 0. The Hall–Kier alpha value is -2.08. The number of carbonyl (C=O) groups excluding carboxylic acids is 1. The van der Waals surface area contributed by atoms with Crippen LogP contribution in [-0.4, -0.2) is 43.1 Å². The topological polar surface area (TPSA) is 51.7 Å². The Kier molecular flexibility index (Phi) is 4.29. The molecule has 0 bridgehead atoms. The molecule has 1 fully saturated rings. The van der Waals surface area contributed by atoms with E-state index in [4.69, 9.17) is 9.47 Å². The van der Waals surface area contributed by atoms with Gasteiger partial charge in [-0.25, -0.2) is 4.98 Å². The van der Waals surface area contributed by atoms with Crippen molar-refractivity contribution in [1.82, 2.24) is 9.88 Å². The zero-order chi connectivity index (χ0) is 15.5. The predicted octanol–water partition coefficient (Wildman–Crippen LogP) is 2.48. The highest BCUT2D eigenvalue weighted by Crippen LogP contribution is 2.27. The molecule has 2 heterocycles. The van der Waals surface area contributed by atoms with Gasteiger partial charge in [-0.1, -0.05) is 0 Å². The van der Waals surface area contributed by atoms with E-state index in [1.807, 2.05) is 23.1 Å². The van der Waals surface area contributed by atoms with Crippen molar-refractivity contribution in [2.45, 2.75) is 6.42 Å². The zero-order valence-electron chi connectivity index (χ0n) is 12.6.